The molecular formula is C26H21N5O4. The molecule has 0 aliphatic rings. The molecule has 2 aromatic heterocycles. The van der Waals surface area contributed by atoms with Gasteiger partial charge in [0, 0.05) is 11.8 Å². The van der Waals surface area contributed by atoms with Crippen molar-refractivity contribution in [1.29, 1.82) is 0 Å². The van der Waals surface area contributed by atoms with Gasteiger partial charge in [0.05, 0.1) is 16.8 Å². The van der Waals surface area contributed by atoms with Crippen molar-refractivity contribution in [2.45, 2.75) is 13.0 Å². The third-order valence-corrected chi connectivity index (χ3v) is 5.61. The van der Waals surface area contributed by atoms with Crippen molar-refractivity contribution >= 4 is 22.9 Å². The lowest BCUT2D eigenvalue weighted by Gasteiger charge is -2.13. The van der Waals surface area contributed by atoms with E-state index < -0.39 is 23.6 Å². The average molecular weight is 467 g/mol. The van der Waals surface area contributed by atoms with Gasteiger partial charge >= 0.3 is 5.76 Å². The molecule has 0 saturated carbocycles. The van der Waals surface area contributed by atoms with Gasteiger partial charge in [0.1, 0.15) is 11.7 Å². The first kappa shape index (κ1) is 21.9. The van der Waals surface area contributed by atoms with Gasteiger partial charge in [-0.1, -0.05) is 60.7 Å². The van der Waals surface area contributed by atoms with Gasteiger partial charge in [0.15, 0.2) is 5.58 Å². The maximum atomic E-state index is 13.1. The molecule has 0 radical (unpaired) electrons. The zero-order chi connectivity index (χ0) is 24.4. The highest BCUT2D eigenvalue weighted by molar-refractivity contribution is 6.00. The number of carbonyl (C=O) groups excluding carboxylic acids is 2. The largest absolute Gasteiger partial charge is 0.420 e. The summed E-state index contributed by atoms with van der Waals surface area (Å²) < 4.78 is 8.05. The van der Waals surface area contributed by atoms with Crippen LogP contribution in [0.3, 0.4) is 0 Å². The Bertz CT molecular complexity index is 1570. The summed E-state index contributed by atoms with van der Waals surface area (Å²) in [5.41, 5.74) is 8.00. The molecule has 2 N–H and O–H groups in total. The Morgan fingerprint density at radius 2 is 1.54 bits per heavy atom. The van der Waals surface area contributed by atoms with Crippen LogP contribution in [0.5, 0.6) is 0 Å². The minimum Gasteiger partial charge on any atom is -0.408 e. The van der Waals surface area contributed by atoms with E-state index in [1.54, 1.807) is 42.1 Å². The lowest BCUT2D eigenvalue weighted by Crippen LogP contribution is -2.45. The number of amides is 2. The van der Waals surface area contributed by atoms with E-state index in [0.29, 0.717) is 16.8 Å². The lowest BCUT2D eigenvalue weighted by atomic mass is 10.1. The van der Waals surface area contributed by atoms with Gasteiger partial charge in [-0.05, 0) is 31.2 Å². The van der Waals surface area contributed by atoms with Crippen LogP contribution in [0.1, 0.15) is 23.3 Å². The number of hydrogen-bond acceptors (Lipinski definition) is 5. The minimum absolute atomic E-state index is 0.277. The summed E-state index contributed by atoms with van der Waals surface area (Å²) >= 11 is 0. The van der Waals surface area contributed by atoms with E-state index in [1.165, 1.54) is 4.57 Å². The number of rotatable bonds is 5. The van der Waals surface area contributed by atoms with E-state index >= 15 is 0 Å². The molecule has 0 aliphatic heterocycles. The fourth-order valence-electron chi connectivity index (χ4n) is 3.82. The number of para-hydroxylation sites is 3. The smallest absolute Gasteiger partial charge is 0.408 e. The molecule has 5 rings (SSSR count). The molecule has 1 atom stereocenters. The zero-order valence-electron chi connectivity index (χ0n) is 18.7. The van der Waals surface area contributed by atoms with E-state index in [2.05, 4.69) is 16.0 Å². The summed E-state index contributed by atoms with van der Waals surface area (Å²) in [5, 5.41) is 4.61. The standard InChI is InChI=1S/C26H21N5O4/c1-17(31-21-14-8-9-15-22(21)35-26(31)34)24(32)27-28-25(33)20-16-30(19-12-6-3-7-13-19)29-23(20)18-10-4-2-5-11-18/h2-17H,1H3,(H,27,32)(H,28,33). The molecule has 2 amide bonds. The third kappa shape index (κ3) is 4.22. The second kappa shape index (κ2) is 9.14. The molecule has 5 aromatic rings. The van der Waals surface area contributed by atoms with Gasteiger partial charge in [0.2, 0.25) is 0 Å². The first-order valence-electron chi connectivity index (χ1n) is 10.9. The third-order valence-electron chi connectivity index (χ3n) is 5.61. The van der Waals surface area contributed by atoms with Gasteiger partial charge in [-0.15, -0.1) is 0 Å². The summed E-state index contributed by atoms with van der Waals surface area (Å²) in [6, 6.07) is 24.6. The summed E-state index contributed by atoms with van der Waals surface area (Å²) in [5.74, 6) is -1.78. The van der Waals surface area contributed by atoms with Crippen LogP contribution in [-0.4, -0.2) is 26.2 Å². The van der Waals surface area contributed by atoms with Crippen LogP contribution in [0, 0.1) is 0 Å². The van der Waals surface area contributed by atoms with Crippen LogP contribution in [0.2, 0.25) is 0 Å². The average Bonchev–Trinajstić information content (AvgIpc) is 3.49. The molecule has 35 heavy (non-hydrogen) atoms. The van der Waals surface area contributed by atoms with Crippen molar-refractivity contribution in [3.05, 3.63) is 107 Å². The number of oxazole rings is 1. The van der Waals surface area contributed by atoms with E-state index in [-0.39, 0.29) is 5.56 Å². The quantitative estimate of drug-likeness (QED) is 0.385. The van der Waals surface area contributed by atoms with Gasteiger partial charge in [-0.3, -0.25) is 25.0 Å². The normalized spacial score (nSPS) is 11.8. The molecule has 0 spiro atoms. The van der Waals surface area contributed by atoms with Gasteiger partial charge < -0.3 is 4.42 Å². The minimum atomic E-state index is -0.924. The summed E-state index contributed by atoms with van der Waals surface area (Å²) in [7, 11) is 0. The fraction of sp³-hybridized carbons (Fsp3) is 0.0769. The number of nitrogens with zero attached hydrogens (tertiary/aromatic N) is 3. The summed E-state index contributed by atoms with van der Waals surface area (Å²) in [6.45, 7) is 1.55. The van der Waals surface area contributed by atoms with E-state index in [9.17, 15) is 14.4 Å². The van der Waals surface area contributed by atoms with Crippen molar-refractivity contribution < 1.29 is 14.0 Å². The number of hydrazine groups is 1. The van der Waals surface area contributed by atoms with Gasteiger partial charge in [-0.2, -0.15) is 5.10 Å². The van der Waals surface area contributed by atoms with Crippen molar-refractivity contribution in [3.8, 4) is 16.9 Å². The van der Waals surface area contributed by atoms with Gasteiger partial charge in [-0.25, -0.2) is 9.48 Å². The number of benzene rings is 3. The van der Waals surface area contributed by atoms with Gasteiger partial charge in [0.25, 0.3) is 11.8 Å². The summed E-state index contributed by atoms with van der Waals surface area (Å²) in [6.07, 6.45) is 1.61. The Morgan fingerprint density at radius 1 is 0.886 bits per heavy atom. The highest BCUT2D eigenvalue weighted by Crippen LogP contribution is 2.23. The Labute approximate surface area is 199 Å². The van der Waals surface area contributed by atoms with Crippen molar-refractivity contribution in [2.75, 3.05) is 0 Å². The maximum absolute atomic E-state index is 13.1. The van der Waals surface area contributed by atoms with Crippen molar-refractivity contribution in [3.63, 3.8) is 0 Å². The molecule has 9 heteroatoms. The molecular weight excluding hydrogens is 446 g/mol. The second-order valence-electron chi connectivity index (χ2n) is 7.86. The molecule has 9 nitrogen and oxygen atoms in total. The van der Waals surface area contributed by atoms with Crippen LogP contribution in [0.15, 0.2) is 100 Å². The monoisotopic (exact) mass is 467 g/mol. The number of nitrogens with one attached hydrogen (secondary N) is 2. The summed E-state index contributed by atoms with van der Waals surface area (Å²) in [4.78, 5) is 38.2. The van der Waals surface area contributed by atoms with Crippen molar-refractivity contribution in [1.82, 2.24) is 25.2 Å². The molecule has 0 fully saturated rings. The number of fused-ring (bicyclic) bond motifs is 1. The Balaban J connectivity index is 1.39. The molecule has 0 bridgehead atoms. The zero-order valence-corrected chi connectivity index (χ0v) is 18.7. The van der Waals surface area contributed by atoms with Crippen LogP contribution >= 0.6 is 0 Å². The van der Waals surface area contributed by atoms with Crippen LogP contribution < -0.4 is 16.6 Å². The van der Waals surface area contributed by atoms with Crippen LogP contribution in [0.4, 0.5) is 0 Å². The SMILES string of the molecule is CC(C(=O)NNC(=O)c1cn(-c2ccccc2)nc1-c1ccccc1)n1c(=O)oc2ccccc21. The van der Waals surface area contributed by atoms with Crippen molar-refractivity contribution in [2.24, 2.45) is 0 Å². The van der Waals surface area contributed by atoms with E-state index in [0.717, 1.165) is 11.3 Å². The predicted octanol–water partition coefficient (Wildman–Crippen LogP) is 3.47. The Morgan fingerprint density at radius 3 is 2.29 bits per heavy atom. The van der Waals surface area contributed by atoms with E-state index in [4.69, 9.17) is 4.42 Å². The second-order valence-corrected chi connectivity index (χ2v) is 7.86. The molecule has 0 aliphatic carbocycles. The molecule has 3 aromatic carbocycles. The Kier molecular flexibility index (Phi) is 5.72. The first-order chi connectivity index (χ1) is 17.0. The van der Waals surface area contributed by atoms with E-state index in [1.807, 2.05) is 60.7 Å². The highest BCUT2D eigenvalue weighted by Gasteiger charge is 2.23. The fourth-order valence-corrected chi connectivity index (χ4v) is 3.82. The lowest BCUT2D eigenvalue weighted by molar-refractivity contribution is -0.124. The highest BCUT2D eigenvalue weighted by atomic mass is 16.4. The maximum Gasteiger partial charge on any atom is 0.420 e. The Hall–Kier alpha value is -4.92. The predicted molar refractivity (Wildman–Crippen MR) is 130 cm³/mol. The first-order valence-corrected chi connectivity index (χ1v) is 10.9. The molecule has 2 heterocycles. The topological polar surface area (TPSA) is 111 Å². The number of carbonyl (C=O) groups is 2. The molecule has 1 unspecified atom stereocenters. The molecule has 174 valence electrons. The van der Waals surface area contributed by atoms with Crippen LogP contribution in [-0.2, 0) is 4.79 Å². The molecule has 0 saturated heterocycles. The number of aromatic nitrogens is 3. The van der Waals surface area contributed by atoms with Crippen LogP contribution in [0.25, 0.3) is 28.0 Å². The number of hydrogen-bond donors (Lipinski definition) is 2.